The number of carbonyl (C=O) groups excluding carboxylic acids is 3. The van der Waals surface area contributed by atoms with E-state index in [-0.39, 0.29) is 31.1 Å². The molecule has 0 aliphatic carbocycles. The lowest BCUT2D eigenvalue weighted by atomic mass is 10.1. The van der Waals surface area contributed by atoms with Crippen LogP contribution < -0.4 is 0 Å². The average molecular weight is 811 g/mol. The second kappa shape index (κ2) is 46.8. The monoisotopic (exact) mass is 811 g/mol. The van der Waals surface area contributed by atoms with Crippen LogP contribution in [0.25, 0.3) is 0 Å². The molecule has 0 amide bonds. The van der Waals surface area contributed by atoms with E-state index in [2.05, 4.69) is 81.5 Å². The molecule has 0 bridgehead atoms. The molecular weight excluding hydrogens is 721 g/mol. The van der Waals surface area contributed by atoms with Crippen molar-refractivity contribution >= 4 is 17.9 Å². The summed E-state index contributed by atoms with van der Waals surface area (Å²) >= 11 is 0. The molecule has 0 aromatic rings. The van der Waals surface area contributed by atoms with Gasteiger partial charge in [0.05, 0.1) is 0 Å². The summed E-state index contributed by atoms with van der Waals surface area (Å²) in [5, 5.41) is 0. The number of unbranched alkanes of at least 4 members (excludes halogenated alkanes) is 22. The van der Waals surface area contributed by atoms with Gasteiger partial charge < -0.3 is 14.2 Å². The molecule has 0 aliphatic rings. The minimum atomic E-state index is -0.793. The molecule has 0 saturated heterocycles. The van der Waals surface area contributed by atoms with E-state index >= 15 is 0 Å². The lowest BCUT2D eigenvalue weighted by molar-refractivity contribution is -0.167. The Bertz CT molecular complexity index is 1070. The second-order valence-corrected chi connectivity index (χ2v) is 16.0. The first-order valence-corrected chi connectivity index (χ1v) is 24.3. The quantitative estimate of drug-likeness (QED) is 0.0264. The van der Waals surface area contributed by atoms with E-state index in [0.29, 0.717) is 19.3 Å². The molecule has 0 spiro atoms. The van der Waals surface area contributed by atoms with Gasteiger partial charge in [-0.3, -0.25) is 14.4 Å². The van der Waals surface area contributed by atoms with Crippen molar-refractivity contribution in [3.05, 3.63) is 60.8 Å². The lowest BCUT2D eigenvalue weighted by Crippen LogP contribution is -2.30. The maximum Gasteiger partial charge on any atom is 0.306 e. The molecular formula is C52H90O6. The number of rotatable bonds is 43. The van der Waals surface area contributed by atoms with Crippen LogP contribution in [0.5, 0.6) is 0 Å². The summed E-state index contributed by atoms with van der Waals surface area (Å²) in [5.41, 5.74) is 0. The molecule has 0 N–H and O–H groups in total. The van der Waals surface area contributed by atoms with Crippen molar-refractivity contribution in [2.45, 2.75) is 239 Å². The average Bonchev–Trinajstić information content (AvgIpc) is 3.22. The van der Waals surface area contributed by atoms with E-state index < -0.39 is 6.10 Å². The SMILES string of the molecule is CC/C=C\C/C=C\C/C=C\CCCCCC(=O)OC(COC(=O)CCCCCCC/C=C\CCCC)COC(=O)CCCCCCC/C=C\CCCCCCCCC. The number of hydrogen-bond donors (Lipinski definition) is 0. The van der Waals surface area contributed by atoms with Gasteiger partial charge in [-0.2, -0.15) is 0 Å². The van der Waals surface area contributed by atoms with E-state index in [1.165, 1.54) is 96.3 Å². The topological polar surface area (TPSA) is 78.9 Å². The number of hydrogen-bond acceptors (Lipinski definition) is 6. The molecule has 6 heteroatoms. The summed E-state index contributed by atoms with van der Waals surface area (Å²) in [5.74, 6) is -0.941. The number of ether oxygens (including phenoxy) is 3. The molecule has 0 radical (unpaired) electrons. The smallest absolute Gasteiger partial charge is 0.306 e. The van der Waals surface area contributed by atoms with Crippen LogP contribution in [0.1, 0.15) is 233 Å². The minimum absolute atomic E-state index is 0.0932. The summed E-state index contributed by atoms with van der Waals surface area (Å²) in [4.78, 5) is 37.8. The van der Waals surface area contributed by atoms with Crippen molar-refractivity contribution in [2.75, 3.05) is 13.2 Å². The van der Waals surface area contributed by atoms with E-state index in [4.69, 9.17) is 14.2 Å². The highest BCUT2D eigenvalue weighted by Gasteiger charge is 2.19. The van der Waals surface area contributed by atoms with E-state index in [9.17, 15) is 14.4 Å². The van der Waals surface area contributed by atoms with Crippen molar-refractivity contribution in [3.8, 4) is 0 Å². The van der Waals surface area contributed by atoms with Crippen LogP contribution in [0.4, 0.5) is 0 Å². The van der Waals surface area contributed by atoms with E-state index in [0.717, 1.165) is 96.3 Å². The standard InChI is InChI=1S/C52H90O6/c1-4-7-10-13-16-19-22-24-25-26-28-30-33-36-39-42-45-51(54)57-48-49(47-56-50(53)44-41-38-35-32-29-21-18-15-12-9-6-3)58-52(55)46-43-40-37-34-31-27-23-20-17-14-11-8-5-2/h8,11,15,17-18,20,25-27,31,49H,4-7,9-10,12-14,16,19,21-24,28-30,32-48H2,1-3H3/b11-8-,18-15-,20-17-,26-25-,31-27-. The lowest BCUT2D eigenvalue weighted by Gasteiger charge is -2.18. The second-order valence-electron chi connectivity index (χ2n) is 16.0. The highest BCUT2D eigenvalue weighted by molar-refractivity contribution is 5.71. The molecule has 0 aromatic heterocycles. The van der Waals surface area contributed by atoms with Crippen molar-refractivity contribution in [1.29, 1.82) is 0 Å². The van der Waals surface area contributed by atoms with E-state index in [1.807, 2.05) is 0 Å². The highest BCUT2D eigenvalue weighted by atomic mass is 16.6. The van der Waals surface area contributed by atoms with Crippen molar-refractivity contribution in [2.24, 2.45) is 0 Å². The van der Waals surface area contributed by atoms with E-state index in [1.54, 1.807) is 0 Å². The van der Waals surface area contributed by atoms with Crippen molar-refractivity contribution < 1.29 is 28.6 Å². The normalized spacial score (nSPS) is 12.5. The summed E-state index contributed by atoms with van der Waals surface area (Å²) in [6, 6.07) is 0. The van der Waals surface area contributed by atoms with Gasteiger partial charge in [-0.1, -0.05) is 178 Å². The van der Waals surface area contributed by atoms with Crippen LogP contribution in [0.15, 0.2) is 60.8 Å². The molecule has 0 rings (SSSR count). The predicted octanol–water partition coefficient (Wildman–Crippen LogP) is 15.7. The van der Waals surface area contributed by atoms with Gasteiger partial charge in [-0.05, 0) is 96.3 Å². The Morgan fingerprint density at radius 1 is 0.362 bits per heavy atom. The third-order valence-electron chi connectivity index (χ3n) is 10.2. The Morgan fingerprint density at radius 2 is 0.690 bits per heavy atom. The summed E-state index contributed by atoms with van der Waals surface area (Å²) < 4.78 is 16.7. The largest absolute Gasteiger partial charge is 0.462 e. The van der Waals surface area contributed by atoms with Crippen LogP contribution in [0.2, 0.25) is 0 Å². The fourth-order valence-corrected chi connectivity index (χ4v) is 6.55. The molecule has 58 heavy (non-hydrogen) atoms. The highest BCUT2D eigenvalue weighted by Crippen LogP contribution is 2.13. The van der Waals surface area contributed by atoms with Gasteiger partial charge >= 0.3 is 17.9 Å². The maximum absolute atomic E-state index is 12.7. The summed E-state index contributed by atoms with van der Waals surface area (Å²) in [6.07, 6.45) is 56.3. The molecule has 0 saturated carbocycles. The van der Waals surface area contributed by atoms with Gasteiger partial charge in [-0.25, -0.2) is 0 Å². The first-order valence-electron chi connectivity index (χ1n) is 24.3. The van der Waals surface area contributed by atoms with Gasteiger partial charge in [0.2, 0.25) is 0 Å². The van der Waals surface area contributed by atoms with Gasteiger partial charge in [0.1, 0.15) is 13.2 Å². The third kappa shape index (κ3) is 44.2. The first-order chi connectivity index (χ1) is 28.5. The predicted molar refractivity (Wildman–Crippen MR) is 247 cm³/mol. The molecule has 0 aliphatic heterocycles. The zero-order valence-electron chi connectivity index (χ0n) is 38.0. The Hall–Kier alpha value is -2.89. The van der Waals surface area contributed by atoms with Crippen LogP contribution in [-0.2, 0) is 28.6 Å². The number of esters is 3. The molecule has 1 atom stereocenters. The van der Waals surface area contributed by atoms with Crippen LogP contribution >= 0.6 is 0 Å². The number of allylic oxidation sites excluding steroid dienone is 10. The third-order valence-corrected chi connectivity index (χ3v) is 10.2. The zero-order valence-corrected chi connectivity index (χ0v) is 38.0. The minimum Gasteiger partial charge on any atom is -0.462 e. The first kappa shape index (κ1) is 55.1. The molecule has 0 heterocycles. The molecule has 334 valence electrons. The van der Waals surface area contributed by atoms with Gasteiger partial charge in [0.15, 0.2) is 6.10 Å². The fourth-order valence-electron chi connectivity index (χ4n) is 6.55. The van der Waals surface area contributed by atoms with Gasteiger partial charge in [0.25, 0.3) is 0 Å². The summed E-state index contributed by atoms with van der Waals surface area (Å²) in [6.45, 7) is 6.44. The van der Waals surface area contributed by atoms with Crippen LogP contribution in [0, 0.1) is 0 Å². The molecule has 0 aromatic carbocycles. The Morgan fingerprint density at radius 3 is 1.14 bits per heavy atom. The zero-order chi connectivity index (χ0) is 42.3. The number of carbonyl (C=O) groups is 3. The van der Waals surface area contributed by atoms with Crippen molar-refractivity contribution in [3.63, 3.8) is 0 Å². The Labute approximate surface area is 358 Å². The molecule has 1 unspecified atom stereocenters. The van der Waals surface area contributed by atoms with Gasteiger partial charge in [-0.15, -0.1) is 0 Å². The molecule has 0 fully saturated rings. The Kier molecular flexibility index (Phi) is 44.5. The Balaban J connectivity index is 4.42. The van der Waals surface area contributed by atoms with Crippen LogP contribution in [0.3, 0.4) is 0 Å². The molecule has 6 nitrogen and oxygen atoms in total. The van der Waals surface area contributed by atoms with Gasteiger partial charge in [0, 0.05) is 19.3 Å². The maximum atomic E-state index is 12.7. The van der Waals surface area contributed by atoms with Crippen LogP contribution in [-0.4, -0.2) is 37.2 Å². The summed E-state index contributed by atoms with van der Waals surface area (Å²) in [7, 11) is 0. The fraction of sp³-hybridized carbons (Fsp3) is 0.750. The van der Waals surface area contributed by atoms with Crippen molar-refractivity contribution in [1.82, 2.24) is 0 Å².